The highest BCUT2D eigenvalue weighted by Crippen LogP contribution is 2.34. The number of carbonyl (C=O) groups excluding carboxylic acids is 1. The standard InChI is InChI=1S/C22H21FN4O/c1-12-8-9-16-17(11-12)25-21(24-16)18-7-4-10-27(18)22(28)19-13(2)14-5-3-6-15(23)20(14)26-19/h3,5-6,8-9,11,18,26H,4,7,10H2,1-2H3,(H,24,25)/t18-/m0/s1. The van der Waals surface area contributed by atoms with Crippen molar-refractivity contribution in [1.82, 2.24) is 19.9 Å². The van der Waals surface area contributed by atoms with Gasteiger partial charge in [0.05, 0.1) is 22.6 Å². The fraction of sp³-hybridized carbons (Fsp3) is 0.273. The van der Waals surface area contributed by atoms with Crippen molar-refractivity contribution in [2.24, 2.45) is 0 Å². The number of aromatic amines is 2. The molecule has 0 spiro atoms. The number of para-hydroxylation sites is 1. The predicted molar refractivity (Wildman–Crippen MR) is 107 cm³/mol. The van der Waals surface area contributed by atoms with E-state index < -0.39 is 0 Å². The molecule has 1 aliphatic rings. The number of carbonyl (C=O) groups is 1. The number of halogens is 1. The molecule has 6 heteroatoms. The Bertz CT molecular complexity index is 1220. The molecular formula is C22H21FN4O. The van der Waals surface area contributed by atoms with E-state index in [4.69, 9.17) is 4.98 Å². The number of amides is 1. The fourth-order valence-electron chi connectivity index (χ4n) is 4.27. The minimum Gasteiger partial charge on any atom is -0.348 e. The molecular weight excluding hydrogens is 355 g/mol. The van der Waals surface area contributed by atoms with Crippen LogP contribution in [0.4, 0.5) is 4.39 Å². The van der Waals surface area contributed by atoms with Crippen LogP contribution in [0.5, 0.6) is 0 Å². The maximum absolute atomic E-state index is 14.1. The molecule has 2 aromatic carbocycles. The van der Waals surface area contributed by atoms with E-state index in [-0.39, 0.29) is 17.8 Å². The van der Waals surface area contributed by atoms with E-state index in [1.165, 1.54) is 6.07 Å². The summed E-state index contributed by atoms with van der Waals surface area (Å²) in [7, 11) is 0. The number of likely N-dealkylation sites (tertiary alicyclic amines) is 1. The average molecular weight is 376 g/mol. The van der Waals surface area contributed by atoms with Gasteiger partial charge < -0.3 is 14.9 Å². The molecule has 5 rings (SSSR count). The summed E-state index contributed by atoms with van der Waals surface area (Å²) in [5, 5.41) is 0.748. The second-order valence-corrected chi connectivity index (χ2v) is 7.59. The van der Waals surface area contributed by atoms with Gasteiger partial charge in [0.2, 0.25) is 0 Å². The van der Waals surface area contributed by atoms with Gasteiger partial charge in [0.25, 0.3) is 5.91 Å². The maximum atomic E-state index is 14.1. The molecule has 0 radical (unpaired) electrons. The number of aryl methyl sites for hydroxylation is 2. The zero-order valence-electron chi connectivity index (χ0n) is 15.8. The van der Waals surface area contributed by atoms with Crippen molar-refractivity contribution < 1.29 is 9.18 Å². The second-order valence-electron chi connectivity index (χ2n) is 7.59. The number of H-pyrrole nitrogens is 2. The van der Waals surface area contributed by atoms with Gasteiger partial charge in [0.1, 0.15) is 17.3 Å². The SMILES string of the molecule is Cc1ccc2nc([C@@H]3CCCN3C(=O)c3[nH]c4c(F)cccc4c3C)[nH]c2c1. The molecule has 2 N–H and O–H groups in total. The van der Waals surface area contributed by atoms with Crippen LogP contribution in [0.25, 0.3) is 21.9 Å². The third-order valence-electron chi connectivity index (χ3n) is 5.74. The fourth-order valence-corrected chi connectivity index (χ4v) is 4.27. The number of nitrogens with zero attached hydrogens (tertiary/aromatic N) is 2. The first-order chi connectivity index (χ1) is 13.5. The second kappa shape index (κ2) is 6.19. The van der Waals surface area contributed by atoms with Crippen LogP contribution >= 0.6 is 0 Å². The first-order valence-electron chi connectivity index (χ1n) is 9.57. The number of benzene rings is 2. The molecule has 1 atom stereocenters. The summed E-state index contributed by atoms with van der Waals surface area (Å²) in [6.07, 6.45) is 1.78. The van der Waals surface area contributed by atoms with Crippen LogP contribution in [0.15, 0.2) is 36.4 Å². The van der Waals surface area contributed by atoms with Crippen LogP contribution < -0.4 is 0 Å². The third kappa shape index (κ3) is 2.52. The van der Waals surface area contributed by atoms with E-state index in [1.807, 2.05) is 36.9 Å². The maximum Gasteiger partial charge on any atom is 0.271 e. The first-order valence-corrected chi connectivity index (χ1v) is 9.57. The molecule has 1 amide bonds. The van der Waals surface area contributed by atoms with E-state index in [0.29, 0.717) is 17.8 Å². The summed E-state index contributed by atoms with van der Waals surface area (Å²) in [5.41, 5.74) is 4.68. The zero-order chi connectivity index (χ0) is 19.4. The smallest absolute Gasteiger partial charge is 0.271 e. The first kappa shape index (κ1) is 17.0. The number of hydrogen-bond acceptors (Lipinski definition) is 2. The van der Waals surface area contributed by atoms with Crippen molar-refractivity contribution in [2.45, 2.75) is 32.7 Å². The Hall–Kier alpha value is -3.15. The lowest BCUT2D eigenvalue weighted by atomic mass is 10.1. The van der Waals surface area contributed by atoms with Crippen molar-refractivity contribution in [3.63, 3.8) is 0 Å². The number of fused-ring (bicyclic) bond motifs is 2. The lowest BCUT2D eigenvalue weighted by molar-refractivity contribution is 0.0725. The molecule has 28 heavy (non-hydrogen) atoms. The lowest BCUT2D eigenvalue weighted by Crippen LogP contribution is -2.31. The van der Waals surface area contributed by atoms with Gasteiger partial charge in [-0.25, -0.2) is 9.37 Å². The normalized spacial score (nSPS) is 17.1. The van der Waals surface area contributed by atoms with E-state index in [1.54, 1.807) is 6.07 Å². The van der Waals surface area contributed by atoms with Gasteiger partial charge in [-0.3, -0.25) is 4.79 Å². The van der Waals surface area contributed by atoms with Crippen LogP contribution in [-0.2, 0) is 0 Å². The topological polar surface area (TPSA) is 64.8 Å². The van der Waals surface area contributed by atoms with Crippen molar-refractivity contribution >= 4 is 27.8 Å². The number of nitrogens with one attached hydrogen (secondary N) is 2. The van der Waals surface area contributed by atoms with Crippen LogP contribution in [0.2, 0.25) is 0 Å². The highest BCUT2D eigenvalue weighted by molar-refractivity contribution is 6.01. The van der Waals surface area contributed by atoms with Gasteiger partial charge in [0, 0.05) is 11.9 Å². The quantitative estimate of drug-likeness (QED) is 0.529. The minimum atomic E-state index is -0.342. The summed E-state index contributed by atoms with van der Waals surface area (Å²) < 4.78 is 14.1. The molecule has 4 aromatic rings. The van der Waals surface area contributed by atoms with Gasteiger partial charge in [-0.1, -0.05) is 18.2 Å². The molecule has 1 fully saturated rings. The molecule has 142 valence electrons. The molecule has 0 bridgehead atoms. The van der Waals surface area contributed by atoms with Crippen LogP contribution in [-0.4, -0.2) is 32.3 Å². The number of aromatic nitrogens is 3. The van der Waals surface area contributed by atoms with E-state index in [0.717, 1.165) is 46.2 Å². The highest BCUT2D eigenvalue weighted by Gasteiger charge is 2.34. The van der Waals surface area contributed by atoms with Gasteiger partial charge in [-0.05, 0) is 56.0 Å². The van der Waals surface area contributed by atoms with Crippen LogP contribution in [0, 0.1) is 19.7 Å². The number of rotatable bonds is 2. The zero-order valence-corrected chi connectivity index (χ0v) is 15.8. The van der Waals surface area contributed by atoms with Crippen molar-refractivity contribution in [2.75, 3.05) is 6.54 Å². The lowest BCUT2D eigenvalue weighted by Gasteiger charge is -2.23. The molecule has 1 saturated heterocycles. The number of imidazole rings is 1. The summed E-state index contributed by atoms with van der Waals surface area (Å²) in [6, 6.07) is 10.9. The molecule has 0 unspecified atom stereocenters. The van der Waals surface area contributed by atoms with Gasteiger partial charge in [-0.2, -0.15) is 0 Å². The van der Waals surface area contributed by atoms with Gasteiger partial charge in [0.15, 0.2) is 0 Å². The molecule has 1 aliphatic heterocycles. The summed E-state index contributed by atoms with van der Waals surface area (Å²) >= 11 is 0. The van der Waals surface area contributed by atoms with Crippen molar-refractivity contribution in [1.29, 1.82) is 0 Å². The molecule has 2 aromatic heterocycles. The van der Waals surface area contributed by atoms with Crippen molar-refractivity contribution in [3.8, 4) is 0 Å². The minimum absolute atomic E-state index is 0.101. The largest absolute Gasteiger partial charge is 0.348 e. The Balaban J connectivity index is 1.53. The Morgan fingerprint density at radius 2 is 2.07 bits per heavy atom. The number of hydrogen-bond donors (Lipinski definition) is 2. The van der Waals surface area contributed by atoms with Crippen molar-refractivity contribution in [3.05, 3.63) is 64.9 Å². The highest BCUT2D eigenvalue weighted by atomic mass is 19.1. The third-order valence-corrected chi connectivity index (χ3v) is 5.74. The summed E-state index contributed by atoms with van der Waals surface area (Å²) in [6.45, 7) is 4.57. The Morgan fingerprint density at radius 3 is 2.89 bits per heavy atom. The molecule has 5 nitrogen and oxygen atoms in total. The van der Waals surface area contributed by atoms with Crippen LogP contribution in [0.3, 0.4) is 0 Å². The molecule has 0 aliphatic carbocycles. The Kier molecular flexibility index (Phi) is 3.75. The van der Waals surface area contributed by atoms with Gasteiger partial charge >= 0.3 is 0 Å². The van der Waals surface area contributed by atoms with Gasteiger partial charge in [-0.15, -0.1) is 0 Å². The van der Waals surface area contributed by atoms with E-state index >= 15 is 0 Å². The Morgan fingerprint density at radius 1 is 1.21 bits per heavy atom. The molecule has 0 saturated carbocycles. The van der Waals surface area contributed by atoms with Crippen LogP contribution in [0.1, 0.15) is 46.3 Å². The summed E-state index contributed by atoms with van der Waals surface area (Å²) in [5.74, 6) is 0.365. The monoisotopic (exact) mass is 376 g/mol. The summed E-state index contributed by atoms with van der Waals surface area (Å²) in [4.78, 5) is 26.3. The van der Waals surface area contributed by atoms with E-state index in [2.05, 4.69) is 16.0 Å². The predicted octanol–water partition coefficient (Wildman–Crippen LogP) is 4.78. The average Bonchev–Trinajstić information content (AvgIpc) is 3.38. The van der Waals surface area contributed by atoms with E-state index in [9.17, 15) is 9.18 Å². The molecule has 3 heterocycles. The Labute approximate surface area is 161 Å².